The molecule has 2 aliphatic rings. The Hall–Kier alpha value is -3.20. The minimum Gasteiger partial charge on any atom is -0.474 e. The van der Waals surface area contributed by atoms with Gasteiger partial charge in [-0.3, -0.25) is 4.79 Å². The van der Waals surface area contributed by atoms with E-state index in [-0.39, 0.29) is 40.8 Å². The van der Waals surface area contributed by atoms with Crippen molar-refractivity contribution in [1.82, 2.24) is 19.2 Å². The molecule has 0 saturated carbocycles. The molecule has 0 radical (unpaired) electrons. The number of ether oxygens (including phenoxy) is 1. The molecule has 4 heterocycles. The second-order valence-electron chi connectivity index (χ2n) is 9.93. The second-order valence-corrected chi connectivity index (χ2v) is 12.9. The molecule has 2 fully saturated rings. The average molecular weight is 593 g/mol. The van der Waals surface area contributed by atoms with Crippen LogP contribution in [0.1, 0.15) is 40.9 Å². The molecule has 0 bridgehead atoms. The van der Waals surface area contributed by atoms with Gasteiger partial charge in [0, 0.05) is 38.3 Å². The minimum atomic E-state index is -3.74. The zero-order chi connectivity index (χ0) is 28.4. The number of thiazole rings is 1. The van der Waals surface area contributed by atoms with E-state index in [0.29, 0.717) is 23.9 Å². The number of nitrogens with zero attached hydrogens (tertiary/aromatic N) is 4. The third-order valence-corrected chi connectivity index (χ3v) is 10.0. The number of nitrogen functional groups attached to an aromatic ring is 1. The fourth-order valence-electron chi connectivity index (χ4n) is 4.81. The highest BCUT2D eigenvalue weighted by Gasteiger charge is 2.31. The summed E-state index contributed by atoms with van der Waals surface area (Å²) in [6, 6.07) is 6.17. The molecule has 0 unspecified atom stereocenters. The lowest BCUT2D eigenvalue weighted by Gasteiger charge is -2.31. The third kappa shape index (κ3) is 6.09. The van der Waals surface area contributed by atoms with Crippen molar-refractivity contribution in [2.24, 2.45) is 0 Å². The van der Waals surface area contributed by atoms with Crippen LogP contribution < -0.4 is 15.8 Å². The first-order valence-electron chi connectivity index (χ1n) is 12.9. The van der Waals surface area contributed by atoms with Gasteiger partial charge in [-0.2, -0.15) is 4.31 Å². The van der Waals surface area contributed by atoms with Crippen LogP contribution in [0.2, 0.25) is 0 Å². The van der Waals surface area contributed by atoms with Crippen LogP contribution in [0.25, 0.3) is 0 Å². The Morgan fingerprint density at radius 2 is 1.75 bits per heavy atom. The molecule has 0 aliphatic carbocycles. The monoisotopic (exact) mass is 592 g/mol. The predicted molar refractivity (Wildman–Crippen MR) is 147 cm³/mol. The number of hydrogen-bond acceptors (Lipinski definition) is 10. The van der Waals surface area contributed by atoms with Crippen LogP contribution in [0.4, 0.5) is 19.7 Å². The van der Waals surface area contributed by atoms with Gasteiger partial charge in [0.15, 0.2) is 5.13 Å². The molecule has 40 heavy (non-hydrogen) atoms. The van der Waals surface area contributed by atoms with Crippen LogP contribution in [0.15, 0.2) is 41.4 Å². The number of benzene rings is 1. The van der Waals surface area contributed by atoms with Crippen LogP contribution in [-0.4, -0.2) is 78.7 Å². The van der Waals surface area contributed by atoms with Crippen molar-refractivity contribution in [3.63, 3.8) is 0 Å². The first-order chi connectivity index (χ1) is 19.1. The number of anilines is 2. The van der Waals surface area contributed by atoms with Crippen molar-refractivity contribution >= 4 is 38.1 Å². The summed E-state index contributed by atoms with van der Waals surface area (Å²) in [5.74, 6) is -2.55. The van der Waals surface area contributed by atoms with Crippen molar-refractivity contribution in [2.75, 3.05) is 44.3 Å². The van der Waals surface area contributed by atoms with Crippen molar-refractivity contribution in [3.8, 4) is 5.88 Å². The van der Waals surface area contributed by atoms with Gasteiger partial charge in [-0.25, -0.2) is 27.2 Å². The molecule has 1 aromatic carbocycles. The van der Waals surface area contributed by atoms with E-state index in [0.717, 1.165) is 49.4 Å². The van der Waals surface area contributed by atoms with E-state index in [1.54, 1.807) is 6.07 Å². The van der Waals surface area contributed by atoms with E-state index in [4.69, 9.17) is 10.5 Å². The summed E-state index contributed by atoms with van der Waals surface area (Å²) in [5, 5.41) is 3.50. The molecule has 2 aliphatic heterocycles. The van der Waals surface area contributed by atoms with E-state index in [1.165, 1.54) is 22.6 Å². The Morgan fingerprint density at radius 1 is 1.07 bits per heavy atom. The van der Waals surface area contributed by atoms with Gasteiger partial charge in [0.2, 0.25) is 21.7 Å². The molecule has 0 spiro atoms. The van der Waals surface area contributed by atoms with Crippen molar-refractivity contribution < 1.29 is 26.7 Å². The first kappa shape index (κ1) is 28.3. The molecule has 0 amide bonds. The van der Waals surface area contributed by atoms with Gasteiger partial charge in [0.25, 0.3) is 0 Å². The summed E-state index contributed by atoms with van der Waals surface area (Å²) in [7, 11) is -1.67. The Bertz CT molecular complexity index is 1450. The van der Waals surface area contributed by atoms with Gasteiger partial charge in [-0.1, -0.05) is 17.4 Å². The number of carbonyl (C=O) groups excluding carboxylic acids is 1. The van der Waals surface area contributed by atoms with Gasteiger partial charge in [0.05, 0.1) is 11.8 Å². The Kier molecular flexibility index (Phi) is 8.31. The molecule has 3 N–H and O–H groups in total. The van der Waals surface area contributed by atoms with Gasteiger partial charge in [-0.05, 0) is 50.9 Å². The molecule has 214 valence electrons. The minimum absolute atomic E-state index is 0.0673. The maximum Gasteiger partial charge on any atom is 0.244 e. The van der Waals surface area contributed by atoms with Gasteiger partial charge >= 0.3 is 0 Å². The number of nitrogens with two attached hydrogens (primary N) is 1. The number of ketones is 1. The van der Waals surface area contributed by atoms with E-state index in [2.05, 4.69) is 27.2 Å². The number of rotatable bonds is 8. The number of nitrogens with one attached hydrogen (secondary N) is 1. The summed E-state index contributed by atoms with van der Waals surface area (Å²) in [5.41, 5.74) is 5.20. The number of halogens is 2. The lowest BCUT2D eigenvalue weighted by Crippen LogP contribution is -2.42. The number of sulfonamides is 1. The zero-order valence-corrected chi connectivity index (χ0v) is 23.5. The van der Waals surface area contributed by atoms with Crippen molar-refractivity contribution in [3.05, 3.63) is 58.6 Å². The van der Waals surface area contributed by atoms with Crippen LogP contribution in [-0.2, 0) is 10.0 Å². The fourth-order valence-corrected chi connectivity index (χ4v) is 7.13. The molecule has 3 aromatic rings. The maximum atomic E-state index is 14.1. The van der Waals surface area contributed by atoms with Gasteiger partial charge < -0.3 is 20.7 Å². The molecular weight excluding hydrogens is 562 g/mol. The van der Waals surface area contributed by atoms with Crippen LogP contribution in [0.3, 0.4) is 0 Å². The summed E-state index contributed by atoms with van der Waals surface area (Å²) >= 11 is 0.906. The first-order valence-corrected chi connectivity index (χ1v) is 15.2. The third-order valence-electron chi connectivity index (χ3n) is 7.13. The van der Waals surface area contributed by atoms with E-state index in [1.807, 2.05) is 0 Å². The van der Waals surface area contributed by atoms with Crippen LogP contribution in [0.5, 0.6) is 5.88 Å². The summed E-state index contributed by atoms with van der Waals surface area (Å²) in [6.45, 7) is 2.43. The number of hydrogen-bond donors (Lipinski definition) is 2. The van der Waals surface area contributed by atoms with Crippen molar-refractivity contribution in [1.29, 1.82) is 0 Å². The highest BCUT2D eigenvalue weighted by atomic mass is 32.2. The van der Waals surface area contributed by atoms with Crippen LogP contribution >= 0.6 is 11.3 Å². The number of likely N-dealkylation sites (tertiary alicyclic amines) is 1. The number of carbonyl (C=O) groups is 1. The topological polar surface area (TPSA) is 131 Å². The van der Waals surface area contributed by atoms with E-state index in [9.17, 15) is 22.0 Å². The van der Waals surface area contributed by atoms with E-state index < -0.39 is 33.0 Å². The number of pyridine rings is 1. The quantitative estimate of drug-likeness (QED) is 0.378. The molecular formula is C26H30F2N6O4S2. The smallest absolute Gasteiger partial charge is 0.244 e. The Labute approximate surface area is 235 Å². The lowest BCUT2D eigenvalue weighted by atomic mass is 10.1. The summed E-state index contributed by atoms with van der Waals surface area (Å²) < 4.78 is 61.9. The normalized spacial score (nSPS) is 18.1. The summed E-state index contributed by atoms with van der Waals surface area (Å²) in [6.07, 6.45) is 4.16. The standard InChI is InChI=1S/C26H30F2N6O4S2/c1-33-11-9-17(10-12-33)38-21-6-5-18(15-30-21)40(36,37)34-13-7-16(8-14-34)31-26-32-25(29)24(39-26)23(35)22-19(27)3-2-4-20(22)28/h2-6,15-17H,7-14,29H2,1H3,(H,31,32). The van der Waals surface area contributed by atoms with Crippen molar-refractivity contribution in [2.45, 2.75) is 42.7 Å². The average Bonchev–Trinajstić information content (AvgIpc) is 3.30. The van der Waals surface area contributed by atoms with Gasteiger partial charge in [-0.15, -0.1) is 0 Å². The molecule has 10 nitrogen and oxygen atoms in total. The molecule has 2 aromatic heterocycles. The molecule has 2 saturated heterocycles. The molecule has 5 rings (SSSR count). The molecule has 0 atom stereocenters. The molecule has 14 heteroatoms. The maximum absolute atomic E-state index is 14.1. The number of piperidine rings is 2. The highest BCUT2D eigenvalue weighted by Crippen LogP contribution is 2.31. The lowest BCUT2D eigenvalue weighted by molar-refractivity contribution is 0.103. The SMILES string of the molecule is CN1CCC(Oc2ccc(S(=O)(=O)N3CCC(Nc4nc(N)c(C(=O)c5c(F)cccc5F)s4)CC3)cn2)CC1. The summed E-state index contributed by atoms with van der Waals surface area (Å²) in [4.78, 5) is 23.4. The Balaban J connectivity index is 1.17. The predicted octanol–water partition coefficient (Wildman–Crippen LogP) is 3.37. The zero-order valence-electron chi connectivity index (χ0n) is 21.8. The second kappa shape index (κ2) is 11.7. The van der Waals surface area contributed by atoms with E-state index >= 15 is 0 Å². The number of aromatic nitrogens is 2. The Morgan fingerprint density at radius 3 is 2.38 bits per heavy atom. The highest BCUT2D eigenvalue weighted by molar-refractivity contribution is 7.89. The van der Waals surface area contributed by atoms with Crippen LogP contribution in [0, 0.1) is 11.6 Å². The van der Waals surface area contributed by atoms with Gasteiger partial charge in [0.1, 0.15) is 33.3 Å². The fraction of sp³-hybridized carbons (Fsp3) is 0.423. The largest absolute Gasteiger partial charge is 0.474 e.